The number of carboxylic acid groups (broad SMARTS) is 4. The van der Waals surface area contributed by atoms with E-state index in [1.54, 1.807) is 0 Å². The minimum Gasteiger partial charge on any atom is -0.543 e. The molecule has 0 bridgehead atoms. The summed E-state index contributed by atoms with van der Waals surface area (Å²) >= 11 is 0. The smallest absolute Gasteiger partial charge is 0.543 e. The van der Waals surface area contributed by atoms with E-state index in [0.717, 1.165) is 0 Å². The molecule has 0 aromatic rings. The van der Waals surface area contributed by atoms with Gasteiger partial charge in [-0.1, -0.05) is 0 Å². The first-order valence-electron chi connectivity index (χ1n) is 2.13. The van der Waals surface area contributed by atoms with E-state index in [2.05, 4.69) is 0 Å². The van der Waals surface area contributed by atoms with Crippen LogP contribution in [0.25, 0.3) is 0 Å². The Morgan fingerprint density at radius 3 is 0.588 bits per heavy atom. The molecule has 13 heteroatoms. The average molecular weight is 397 g/mol. The zero-order valence-corrected chi connectivity index (χ0v) is 16.4. The van der Waals surface area contributed by atoms with E-state index in [9.17, 15) is 0 Å². The predicted octanol–water partition coefficient (Wildman–Crippen LogP) is -14.7. The summed E-state index contributed by atoms with van der Waals surface area (Å²) in [6, 6.07) is 0. The monoisotopic (exact) mass is 396 g/mol. The second kappa shape index (κ2) is 26.3. The van der Waals surface area contributed by atoms with Crippen LogP contribution < -0.4 is 123 Å². The third-order valence-electron chi connectivity index (χ3n) is 0.333. The quantitative estimate of drug-likeness (QED) is 0.281. The number of hydrogen-bond donors (Lipinski definition) is 0. The molecule has 0 heterocycles. The van der Waals surface area contributed by atoms with Crippen LogP contribution in [0.15, 0.2) is 0 Å². The van der Waals surface area contributed by atoms with E-state index in [1.165, 1.54) is 0 Å². The standard InChI is InChI=1S/2C2H2O4.2K.2H2O.Pd/c2*3-1(4)2(5)6;;;;;/h2*(H,3,4)(H,5,6);;;2*1H2;/q;;2*+1;;;+2/p-4. The first-order chi connectivity index (χ1) is 5.29. The van der Waals surface area contributed by atoms with Crippen molar-refractivity contribution < 1.29 is 174 Å². The molecule has 0 amide bonds. The van der Waals surface area contributed by atoms with Crippen LogP contribution in [0.2, 0.25) is 0 Å². The van der Waals surface area contributed by atoms with Crippen molar-refractivity contribution in [1.82, 2.24) is 0 Å². The second-order valence-corrected chi connectivity index (χ2v) is 1.15. The van der Waals surface area contributed by atoms with Crippen molar-refractivity contribution in [2.24, 2.45) is 0 Å². The Labute approximate surface area is 193 Å². The molecule has 0 saturated carbocycles. The largest absolute Gasteiger partial charge is 2.00 e. The summed E-state index contributed by atoms with van der Waals surface area (Å²) in [5.41, 5.74) is 0. The minimum atomic E-state index is -2.19. The van der Waals surface area contributed by atoms with Gasteiger partial charge in [-0.2, -0.15) is 0 Å². The summed E-state index contributed by atoms with van der Waals surface area (Å²) < 4.78 is 0. The molecule has 4 N–H and O–H groups in total. The summed E-state index contributed by atoms with van der Waals surface area (Å²) in [6.45, 7) is 0. The molecule has 10 nitrogen and oxygen atoms in total. The summed E-state index contributed by atoms with van der Waals surface area (Å²) in [5.74, 6) is -8.74. The van der Waals surface area contributed by atoms with Gasteiger partial charge < -0.3 is 50.6 Å². The van der Waals surface area contributed by atoms with Gasteiger partial charge in [0.1, 0.15) is 0 Å². The van der Waals surface area contributed by atoms with E-state index in [-0.39, 0.29) is 134 Å². The van der Waals surface area contributed by atoms with Crippen molar-refractivity contribution in [2.75, 3.05) is 0 Å². The summed E-state index contributed by atoms with van der Waals surface area (Å²) in [5, 5.41) is 35.7. The normalized spacial score (nSPS) is 5.18. The van der Waals surface area contributed by atoms with Gasteiger partial charge in [-0.05, 0) is 0 Å². The fraction of sp³-hybridized carbons (Fsp3) is 0. The first kappa shape index (κ1) is 42.8. The van der Waals surface area contributed by atoms with Crippen LogP contribution in [-0.2, 0) is 39.6 Å². The number of carbonyl (C=O) groups excluding carboxylic acids is 4. The maximum atomic E-state index is 8.93. The van der Waals surface area contributed by atoms with Gasteiger partial charge in [-0.3, -0.25) is 0 Å². The number of carboxylic acids is 4. The molecule has 0 aliphatic heterocycles. The Morgan fingerprint density at radius 2 is 0.588 bits per heavy atom. The Kier molecular flexibility index (Phi) is 66.3. The minimum absolute atomic E-state index is 0. The molecule has 0 spiro atoms. The molecule has 0 unspecified atom stereocenters. The van der Waals surface area contributed by atoms with Crippen LogP contribution in [0.4, 0.5) is 0 Å². The van der Waals surface area contributed by atoms with E-state index < -0.39 is 23.9 Å². The molecular weight excluding hydrogens is 393 g/mol. The van der Waals surface area contributed by atoms with Crippen LogP contribution in [-0.4, -0.2) is 34.8 Å². The van der Waals surface area contributed by atoms with E-state index in [1.807, 2.05) is 0 Å². The summed E-state index contributed by atoms with van der Waals surface area (Å²) in [6.07, 6.45) is 0. The molecule has 17 heavy (non-hydrogen) atoms. The third-order valence-corrected chi connectivity index (χ3v) is 0.333. The SMILES string of the molecule is O.O.O=C([O-])C(=O)[O-].O=C([O-])C(=O)[O-].[K+].[K+].[Pd+2]. The van der Waals surface area contributed by atoms with E-state index in [0.29, 0.717) is 0 Å². The van der Waals surface area contributed by atoms with E-state index in [4.69, 9.17) is 39.6 Å². The number of carbonyl (C=O) groups is 4. The molecular formula is C4H4K2O10Pd. The van der Waals surface area contributed by atoms with Crippen LogP contribution in [0.3, 0.4) is 0 Å². The Bertz CT molecular complexity index is 182. The molecule has 0 aliphatic rings. The Hall–Kier alpha value is 1.74. The summed E-state index contributed by atoms with van der Waals surface area (Å²) in [7, 11) is 0. The van der Waals surface area contributed by atoms with Gasteiger partial charge in [0, 0.05) is 0 Å². The van der Waals surface area contributed by atoms with Crippen molar-refractivity contribution in [2.45, 2.75) is 0 Å². The number of hydrogen-bond acceptors (Lipinski definition) is 8. The molecule has 0 fully saturated rings. The molecule has 0 atom stereocenters. The third kappa shape index (κ3) is 46.3. The van der Waals surface area contributed by atoms with Crippen molar-refractivity contribution in [1.29, 1.82) is 0 Å². The molecule has 0 aromatic heterocycles. The van der Waals surface area contributed by atoms with Gasteiger partial charge in [-0.25, -0.2) is 0 Å². The molecule has 0 rings (SSSR count). The van der Waals surface area contributed by atoms with Crippen LogP contribution >= 0.6 is 0 Å². The second-order valence-electron chi connectivity index (χ2n) is 1.15. The van der Waals surface area contributed by atoms with Crippen molar-refractivity contribution in [3.05, 3.63) is 0 Å². The number of rotatable bonds is 0. The molecule has 0 aliphatic carbocycles. The molecule has 92 valence electrons. The maximum absolute atomic E-state index is 8.93. The van der Waals surface area contributed by atoms with Crippen LogP contribution in [0, 0.1) is 0 Å². The van der Waals surface area contributed by atoms with Crippen LogP contribution in [0.5, 0.6) is 0 Å². The average Bonchev–Trinajstić information content (AvgIpc) is 1.88. The van der Waals surface area contributed by atoms with Crippen molar-refractivity contribution in [3.8, 4) is 0 Å². The first-order valence-corrected chi connectivity index (χ1v) is 2.13. The van der Waals surface area contributed by atoms with Gasteiger partial charge >= 0.3 is 123 Å². The molecule has 0 aromatic carbocycles. The van der Waals surface area contributed by atoms with Crippen LogP contribution in [0.1, 0.15) is 0 Å². The number of aliphatic carboxylic acids is 4. The van der Waals surface area contributed by atoms with Gasteiger partial charge in [0.15, 0.2) is 0 Å². The fourth-order valence-electron chi connectivity index (χ4n) is 0. The Balaban J connectivity index is -0.0000000182. The molecule has 0 radical (unpaired) electrons. The molecule has 0 saturated heterocycles. The maximum Gasteiger partial charge on any atom is 2.00 e. The zero-order chi connectivity index (χ0) is 10.3. The van der Waals surface area contributed by atoms with Crippen molar-refractivity contribution in [3.63, 3.8) is 0 Å². The van der Waals surface area contributed by atoms with Gasteiger partial charge in [0.05, 0.1) is 23.9 Å². The van der Waals surface area contributed by atoms with Gasteiger partial charge in [-0.15, -0.1) is 0 Å². The van der Waals surface area contributed by atoms with E-state index >= 15 is 0 Å². The summed E-state index contributed by atoms with van der Waals surface area (Å²) in [4.78, 5) is 35.7. The fourth-order valence-corrected chi connectivity index (χ4v) is 0. The van der Waals surface area contributed by atoms with Gasteiger partial charge in [0.2, 0.25) is 0 Å². The topological polar surface area (TPSA) is 224 Å². The Morgan fingerprint density at radius 1 is 0.529 bits per heavy atom. The van der Waals surface area contributed by atoms with Crippen molar-refractivity contribution >= 4 is 23.9 Å². The van der Waals surface area contributed by atoms with Gasteiger partial charge in [0.25, 0.3) is 0 Å². The zero-order valence-electron chi connectivity index (χ0n) is 8.58. The predicted molar refractivity (Wildman–Crippen MR) is 27.3 cm³/mol.